The van der Waals surface area contributed by atoms with E-state index in [1.165, 1.54) is 13.3 Å². The standard InChI is InChI=1S/C17H17ClIN3OS2/c18-13-6-12(21-7-9-2-1-5-24-9)17-15(22-13)14(19)16(25-17)10-3-4-23-8-11(10)20/h1-2,5-6,10-11H,3-4,7-8,20H2,(H,21,22)/t10-,11-/m0/s1. The molecular weight excluding hydrogens is 489 g/mol. The number of halogens is 2. The van der Waals surface area contributed by atoms with Crippen molar-refractivity contribution in [2.75, 3.05) is 18.5 Å². The number of pyridine rings is 1. The average molecular weight is 506 g/mol. The van der Waals surface area contributed by atoms with Crippen LogP contribution in [0.25, 0.3) is 10.2 Å². The number of thiophene rings is 2. The van der Waals surface area contributed by atoms with Gasteiger partial charge >= 0.3 is 0 Å². The number of hydrogen-bond acceptors (Lipinski definition) is 6. The molecule has 1 aliphatic rings. The zero-order valence-corrected chi connectivity index (χ0v) is 17.8. The highest BCUT2D eigenvalue weighted by Crippen LogP contribution is 2.43. The molecule has 8 heteroatoms. The van der Waals surface area contributed by atoms with Crippen LogP contribution in [0.15, 0.2) is 23.6 Å². The first-order chi connectivity index (χ1) is 12.1. The van der Waals surface area contributed by atoms with Gasteiger partial charge in [-0.15, -0.1) is 22.7 Å². The van der Waals surface area contributed by atoms with Gasteiger partial charge in [-0.1, -0.05) is 17.7 Å². The van der Waals surface area contributed by atoms with Gasteiger partial charge in [0, 0.05) is 40.9 Å². The molecule has 3 N–H and O–H groups in total. The average Bonchev–Trinajstić information content (AvgIpc) is 3.22. The molecule has 25 heavy (non-hydrogen) atoms. The van der Waals surface area contributed by atoms with Gasteiger partial charge in [-0.25, -0.2) is 4.98 Å². The van der Waals surface area contributed by atoms with Crippen molar-refractivity contribution in [2.24, 2.45) is 5.73 Å². The van der Waals surface area contributed by atoms with E-state index in [1.54, 1.807) is 22.7 Å². The van der Waals surface area contributed by atoms with E-state index in [2.05, 4.69) is 50.4 Å². The number of aromatic nitrogens is 1. The molecule has 0 aliphatic carbocycles. The third-order valence-corrected chi connectivity index (χ3v) is 8.22. The molecule has 3 aromatic rings. The number of nitrogens with two attached hydrogens (primary N) is 1. The summed E-state index contributed by atoms with van der Waals surface area (Å²) in [6.07, 6.45) is 0.954. The van der Waals surface area contributed by atoms with E-state index < -0.39 is 0 Å². The van der Waals surface area contributed by atoms with Crippen LogP contribution in [0, 0.1) is 3.57 Å². The van der Waals surface area contributed by atoms with Crippen LogP contribution in [0.5, 0.6) is 0 Å². The Bertz CT molecular complexity index is 884. The highest BCUT2D eigenvalue weighted by molar-refractivity contribution is 14.1. The minimum Gasteiger partial charge on any atom is -0.380 e. The number of ether oxygens (including phenoxy) is 1. The molecule has 4 nitrogen and oxygen atoms in total. The second-order valence-electron chi connectivity index (χ2n) is 6.02. The van der Waals surface area contributed by atoms with E-state index in [0.29, 0.717) is 17.7 Å². The Morgan fingerprint density at radius 1 is 1.48 bits per heavy atom. The molecule has 0 radical (unpaired) electrons. The summed E-state index contributed by atoms with van der Waals surface area (Å²) in [5, 5.41) is 6.12. The third kappa shape index (κ3) is 3.68. The Kier molecular flexibility index (Phi) is 5.49. The molecule has 0 bridgehead atoms. The Labute approximate surface area is 172 Å². The van der Waals surface area contributed by atoms with E-state index in [1.807, 2.05) is 6.07 Å². The Morgan fingerprint density at radius 2 is 2.36 bits per heavy atom. The maximum atomic E-state index is 6.31. The van der Waals surface area contributed by atoms with Crippen LogP contribution >= 0.6 is 56.9 Å². The summed E-state index contributed by atoms with van der Waals surface area (Å²) in [4.78, 5) is 7.18. The van der Waals surface area contributed by atoms with Gasteiger partial charge in [0.1, 0.15) is 5.15 Å². The van der Waals surface area contributed by atoms with Crippen LogP contribution < -0.4 is 11.1 Å². The molecule has 0 unspecified atom stereocenters. The van der Waals surface area contributed by atoms with Crippen LogP contribution in [0.2, 0.25) is 5.15 Å². The minimum absolute atomic E-state index is 0.0355. The van der Waals surface area contributed by atoms with Crippen LogP contribution in [0.3, 0.4) is 0 Å². The second kappa shape index (κ2) is 7.66. The maximum absolute atomic E-state index is 6.31. The number of hydrogen-bond donors (Lipinski definition) is 2. The van der Waals surface area contributed by atoms with E-state index in [-0.39, 0.29) is 6.04 Å². The highest BCUT2D eigenvalue weighted by atomic mass is 127. The van der Waals surface area contributed by atoms with E-state index in [0.717, 1.165) is 35.5 Å². The Morgan fingerprint density at radius 3 is 3.12 bits per heavy atom. The third-order valence-electron chi connectivity index (χ3n) is 4.35. The maximum Gasteiger partial charge on any atom is 0.131 e. The minimum atomic E-state index is 0.0355. The molecule has 0 amide bonds. The number of rotatable bonds is 4. The summed E-state index contributed by atoms with van der Waals surface area (Å²) >= 11 is 12.2. The van der Waals surface area contributed by atoms with Gasteiger partial charge in [-0.05, 0) is 40.5 Å². The lowest BCUT2D eigenvalue weighted by molar-refractivity contribution is 0.0702. The van der Waals surface area contributed by atoms with Crippen molar-refractivity contribution < 1.29 is 4.74 Å². The SMILES string of the molecule is N[C@H]1COCC[C@@H]1c1sc2c(NCc3cccs3)cc(Cl)nc2c1I. The Hall–Kier alpha value is -0.450. The summed E-state index contributed by atoms with van der Waals surface area (Å²) in [6, 6.07) is 6.14. The van der Waals surface area contributed by atoms with Crippen molar-refractivity contribution >= 4 is 72.8 Å². The van der Waals surface area contributed by atoms with E-state index >= 15 is 0 Å². The van der Waals surface area contributed by atoms with E-state index in [9.17, 15) is 0 Å². The molecule has 1 saturated heterocycles. The molecule has 3 aromatic heterocycles. The molecule has 0 saturated carbocycles. The van der Waals surface area contributed by atoms with E-state index in [4.69, 9.17) is 22.1 Å². The zero-order valence-electron chi connectivity index (χ0n) is 13.3. The lowest BCUT2D eigenvalue weighted by Gasteiger charge is -2.28. The predicted molar refractivity (Wildman–Crippen MR) is 115 cm³/mol. The number of nitrogens with zero attached hydrogens (tertiary/aromatic N) is 1. The number of anilines is 1. The summed E-state index contributed by atoms with van der Waals surface area (Å²) in [5.41, 5.74) is 8.32. The first kappa shape index (κ1) is 17.9. The predicted octanol–water partition coefficient (Wildman–Crippen LogP) is 5.06. The largest absolute Gasteiger partial charge is 0.380 e. The molecule has 2 atom stereocenters. The van der Waals surface area contributed by atoms with Crippen molar-refractivity contribution in [3.63, 3.8) is 0 Å². The molecule has 132 valence electrons. The molecule has 0 aromatic carbocycles. The van der Waals surface area contributed by atoms with Gasteiger partial charge in [-0.3, -0.25) is 0 Å². The van der Waals surface area contributed by atoms with Gasteiger partial charge in [0.2, 0.25) is 0 Å². The van der Waals surface area contributed by atoms with Crippen molar-refractivity contribution in [3.05, 3.63) is 42.1 Å². The van der Waals surface area contributed by atoms with Gasteiger partial charge in [-0.2, -0.15) is 0 Å². The molecule has 0 spiro atoms. The van der Waals surface area contributed by atoms with Gasteiger partial charge < -0.3 is 15.8 Å². The van der Waals surface area contributed by atoms with Crippen molar-refractivity contribution in [1.29, 1.82) is 0 Å². The zero-order chi connectivity index (χ0) is 17.4. The summed E-state index contributed by atoms with van der Waals surface area (Å²) in [7, 11) is 0. The summed E-state index contributed by atoms with van der Waals surface area (Å²) in [5.74, 6) is 0.323. The fourth-order valence-electron chi connectivity index (χ4n) is 3.08. The van der Waals surface area contributed by atoms with Gasteiger partial charge in [0.25, 0.3) is 0 Å². The fourth-order valence-corrected chi connectivity index (χ4v) is 6.55. The van der Waals surface area contributed by atoms with Crippen molar-refractivity contribution in [1.82, 2.24) is 4.98 Å². The highest BCUT2D eigenvalue weighted by Gasteiger charge is 2.29. The molecular formula is C17H17ClIN3OS2. The van der Waals surface area contributed by atoms with Crippen LogP contribution in [-0.4, -0.2) is 24.2 Å². The summed E-state index contributed by atoms with van der Waals surface area (Å²) < 4.78 is 7.82. The Balaban J connectivity index is 1.72. The van der Waals surface area contributed by atoms with Crippen molar-refractivity contribution in [2.45, 2.75) is 24.9 Å². The van der Waals surface area contributed by atoms with Crippen LogP contribution in [0.1, 0.15) is 22.1 Å². The smallest absolute Gasteiger partial charge is 0.131 e. The number of nitrogens with one attached hydrogen (secondary N) is 1. The topological polar surface area (TPSA) is 60.2 Å². The molecule has 1 fully saturated rings. The second-order valence-corrected chi connectivity index (χ2v) is 9.57. The lowest BCUT2D eigenvalue weighted by atomic mass is 9.94. The normalized spacial score (nSPS) is 20.9. The van der Waals surface area contributed by atoms with Crippen LogP contribution in [0.4, 0.5) is 5.69 Å². The molecule has 4 rings (SSSR count). The van der Waals surface area contributed by atoms with Crippen LogP contribution in [-0.2, 0) is 11.3 Å². The quantitative estimate of drug-likeness (QED) is 0.384. The van der Waals surface area contributed by atoms with Gasteiger partial charge in [0.05, 0.1) is 26.1 Å². The summed E-state index contributed by atoms with van der Waals surface area (Å²) in [6.45, 7) is 2.17. The first-order valence-corrected chi connectivity index (χ1v) is 11.2. The lowest BCUT2D eigenvalue weighted by Crippen LogP contribution is -2.37. The van der Waals surface area contributed by atoms with Gasteiger partial charge in [0.15, 0.2) is 0 Å². The monoisotopic (exact) mass is 505 g/mol. The number of fused-ring (bicyclic) bond motifs is 1. The van der Waals surface area contributed by atoms with Crippen molar-refractivity contribution in [3.8, 4) is 0 Å². The fraction of sp³-hybridized carbons (Fsp3) is 0.353. The first-order valence-electron chi connectivity index (χ1n) is 8.01. The molecule has 1 aliphatic heterocycles. The molecule has 4 heterocycles.